The van der Waals surface area contributed by atoms with E-state index in [2.05, 4.69) is 16.6 Å². The Kier molecular flexibility index (Phi) is 5.40. The molecule has 0 unspecified atom stereocenters. The molecule has 30 heavy (non-hydrogen) atoms. The van der Waals surface area contributed by atoms with Crippen molar-refractivity contribution in [3.05, 3.63) is 101 Å². The number of nitrogens with one attached hydrogen (secondary N) is 1. The zero-order valence-corrected chi connectivity index (χ0v) is 17.3. The second-order valence-corrected chi connectivity index (χ2v) is 7.50. The molecule has 1 aromatic heterocycles. The predicted molar refractivity (Wildman–Crippen MR) is 123 cm³/mol. The largest absolute Gasteiger partial charge is 0.272 e. The number of hydrazone groups is 1. The number of pyridine rings is 1. The summed E-state index contributed by atoms with van der Waals surface area (Å²) >= 11 is 0. The molecule has 3 aromatic carbocycles. The fourth-order valence-electron chi connectivity index (χ4n) is 3.36. The van der Waals surface area contributed by atoms with Crippen LogP contribution in [0.25, 0.3) is 22.2 Å². The Morgan fingerprint density at radius 1 is 0.900 bits per heavy atom. The van der Waals surface area contributed by atoms with E-state index >= 15 is 0 Å². The minimum Gasteiger partial charge on any atom is -0.267 e. The van der Waals surface area contributed by atoms with Crippen LogP contribution in [0.5, 0.6) is 0 Å². The molecule has 4 nitrogen and oxygen atoms in total. The first-order valence-electron chi connectivity index (χ1n) is 9.89. The standard InChI is InChI=1S/C26H23N3O/c1-17-9-12-20(13-10-17)25-15-23(22-6-4-5-7-24(22)28-25)26(30)29-27-16-21-14-18(2)8-11-19(21)3/h4-16H,1-3H3,(H,29,30)/b27-16-. The van der Waals surface area contributed by atoms with E-state index in [4.69, 9.17) is 4.98 Å². The number of nitrogens with zero attached hydrogens (tertiary/aromatic N) is 2. The lowest BCUT2D eigenvalue weighted by molar-refractivity contribution is 0.0956. The smallest absolute Gasteiger partial charge is 0.267 e. The van der Waals surface area contributed by atoms with Crippen LogP contribution in [0, 0.1) is 20.8 Å². The van der Waals surface area contributed by atoms with Gasteiger partial charge in [0.1, 0.15) is 0 Å². The minimum absolute atomic E-state index is 0.261. The number of carbonyl (C=O) groups is 1. The van der Waals surface area contributed by atoms with E-state index in [1.54, 1.807) is 6.21 Å². The lowest BCUT2D eigenvalue weighted by Gasteiger charge is -2.09. The van der Waals surface area contributed by atoms with Crippen molar-refractivity contribution in [2.75, 3.05) is 0 Å². The topological polar surface area (TPSA) is 54.4 Å². The van der Waals surface area contributed by atoms with Crippen LogP contribution in [0.2, 0.25) is 0 Å². The molecule has 0 radical (unpaired) electrons. The lowest BCUT2D eigenvalue weighted by Crippen LogP contribution is -2.18. The van der Waals surface area contributed by atoms with Gasteiger partial charge in [0, 0.05) is 10.9 Å². The van der Waals surface area contributed by atoms with Crippen LogP contribution < -0.4 is 5.43 Å². The number of aryl methyl sites for hydroxylation is 3. The van der Waals surface area contributed by atoms with Crippen molar-refractivity contribution in [3.8, 4) is 11.3 Å². The van der Waals surface area contributed by atoms with E-state index in [1.807, 2.05) is 87.5 Å². The van der Waals surface area contributed by atoms with Gasteiger partial charge in [-0.25, -0.2) is 10.4 Å². The van der Waals surface area contributed by atoms with Gasteiger partial charge in [0.2, 0.25) is 0 Å². The average Bonchev–Trinajstić information content (AvgIpc) is 2.75. The summed E-state index contributed by atoms with van der Waals surface area (Å²) in [6.07, 6.45) is 1.69. The summed E-state index contributed by atoms with van der Waals surface area (Å²) in [5.41, 5.74) is 10.2. The van der Waals surface area contributed by atoms with E-state index in [0.717, 1.165) is 38.9 Å². The second kappa shape index (κ2) is 8.29. The first kappa shape index (κ1) is 19.5. The summed E-state index contributed by atoms with van der Waals surface area (Å²) in [5, 5.41) is 4.99. The second-order valence-electron chi connectivity index (χ2n) is 7.50. The Balaban J connectivity index is 1.68. The molecule has 4 heteroatoms. The number of rotatable bonds is 4. The molecule has 0 atom stereocenters. The first-order valence-corrected chi connectivity index (χ1v) is 9.89. The van der Waals surface area contributed by atoms with Crippen molar-refractivity contribution < 1.29 is 4.79 Å². The van der Waals surface area contributed by atoms with E-state index in [0.29, 0.717) is 5.56 Å². The molecular formula is C26H23N3O. The number of aromatic nitrogens is 1. The maximum absolute atomic E-state index is 13.0. The molecular weight excluding hydrogens is 370 g/mol. The lowest BCUT2D eigenvalue weighted by atomic mass is 10.0. The molecule has 1 amide bonds. The number of para-hydroxylation sites is 1. The zero-order valence-electron chi connectivity index (χ0n) is 17.3. The van der Waals surface area contributed by atoms with Crippen LogP contribution in [0.1, 0.15) is 32.6 Å². The average molecular weight is 393 g/mol. The Bertz CT molecular complexity index is 1260. The first-order chi connectivity index (χ1) is 14.5. The molecule has 148 valence electrons. The van der Waals surface area contributed by atoms with E-state index < -0.39 is 0 Å². The van der Waals surface area contributed by atoms with Gasteiger partial charge >= 0.3 is 0 Å². The summed E-state index contributed by atoms with van der Waals surface area (Å²) in [5.74, 6) is -0.261. The Morgan fingerprint density at radius 3 is 2.43 bits per heavy atom. The monoisotopic (exact) mass is 393 g/mol. The van der Waals surface area contributed by atoms with Crippen LogP contribution in [-0.2, 0) is 0 Å². The highest BCUT2D eigenvalue weighted by Gasteiger charge is 2.13. The summed E-state index contributed by atoms with van der Waals surface area (Å²) in [6.45, 7) is 6.10. The van der Waals surface area contributed by atoms with Crippen LogP contribution in [0.3, 0.4) is 0 Å². The molecule has 0 aliphatic heterocycles. The Labute approximate surface area is 176 Å². The van der Waals surface area contributed by atoms with Gasteiger partial charge in [0.25, 0.3) is 5.91 Å². The minimum atomic E-state index is -0.261. The fraction of sp³-hybridized carbons (Fsp3) is 0.115. The van der Waals surface area contributed by atoms with E-state index in [-0.39, 0.29) is 5.91 Å². The Morgan fingerprint density at radius 2 is 1.63 bits per heavy atom. The van der Waals surface area contributed by atoms with E-state index in [1.165, 1.54) is 5.56 Å². The molecule has 0 spiro atoms. The molecule has 0 saturated heterocycles. The third kappa shape index (κ3) is 4.13. The number of benzene rings is 3. The third-order valence-electron chi connectivity index (χ3n) is 5.11. The summed E-state index contributed by atoms with van der Waals surface area (Å²) in [6, 6.07) is 23.8. The molecule has 4 aromatic rings. The van der Waals surface area contributed by atoms with Crippen molar-refractivity contribution >= 4 is 23.0 Å². The van der Waals surface area contributed by atoms with Crippen molar-refractivity contribution in [2.45, 2.75) is 20.8 Å². The van der Waals surface area contributed by atoms with Crippen LogP contribution in [0.15, 0.2) is 77.9 Å². The van der Waals surface area contributed by atoms with Crippen molar-refractivity contribution in [1.29, 1.82) is 0 Å². The number of hydrogen-bond donors (Lipinski definition) is 1. The van der Waals surface area contributed by atoms with Crippen molar-refractivity contribution in [1.82, 2.24) is 10.4 Å². The quantitative estimate of drug-likeness (QED) is 0.363. The highest BCUT2D eigenvalue weighted by molar-refractivity contribution is 6.07. The number of carbonyl (C=O) groups excluding carboxylic acids is 1. The summed E-state index contributed by atoms with van der Waals surface area (Å²) in [4.78, 5) is 17.7. The molecule has 0 aliphatic carbocycles. The van der Waals surface area contributed by atoms with E-state index in [9.17, 15) is 4.79 Å². The van der Waals surface area contributed by atoms with Crippen LogP contribution in [-0.4, -0.2) is 17.1 Å². The molecule has 0 aliphatic rings. The van der Waals surface area contributed by atoms with Crippen molar-refractivity contribution in [2.24, 2.45) is 5.10 Å². The van der Waals surface area contributed by atoms with Gasteiger partial charge in [-0.15, -0.1) is 0 Å². The molecule has 1 heterocycles. The normalized spacial score (nSPS) is 11.2. The van der Waals surface area contributed by atoms with Crippen LogP contribution in [0.4, 0.5) is 0 Å². The zero-order chi connectivity index (χ0) is 21.1. The number of fused-ring (bicyclic) bond motifs is 1. The van der Waals surface area contributed by atoms with Gasteiger partial charge in [-0.2, -0.15) is 5.10 Å². The highest BCUT2D eigenvalue weighted by Crippen LogP contribution is 2.25. The molecule has 0 fully saturated rings. The molecule has 4 rings (SSSR count). The van der Waals surface area contributed by atoms with Crippen LogP contribution >= 0.6 is 0 Å². The molecule has 1 N–H and O–H groups in total. The molecule has 0 saturated carbocycles. The van der Waals surface area contributed by atoms with Gasteiger partial charge in [-0.3, -0.25) is 4.79 Å². The number of hydrogen-bond acceptors (Lipinski definition) is 3. The van der Waals surface area contributed by atoms with Crippen molar-refractivity contribution in [3.63, 3.8) is 0 Å². The SMILES string of the molecule is Cc1ccc(-c2cc(C(=O)N/N=C\c3cc(C)ccc3C)c3ccccc3n2)cc1. The fourth-order valence-corrected chi connectivity index (χ4v) is 3.36. The van der Waals surface area contributed by atoms with Gasteiger partial charge in [0.15, 0.2) is 0 Å². The Hall–Kier alpha value is -3.79. The van der Waals surface area contributed by atoms with Gasteiger partial charge in [-0.05, 0) is 44.0 Å². The van der Waals surface area contributed by atoms with Gasteiger partial charge in [0.05, 0.1) is 23.0 Å². The third-order valence-corrected chi connectivity index (χ3v) is 5.11. The number of amides is 1. The summed E-state index contributed by atoms with van der Waals surface area (Å²) < 4.78 is 0. The molecule has 0 bridgehead atoms. The van der Waals surface area contributed by atoms with Gasteiger partial charge < -0.3 is 0 Å². The maximum atomic E-state index is 13.0. The summed E-state index contributed by atoms with van der Waals surface area (Å²) in [7, 11) is 0. The maximum Gasteiger partial charge on any atom is 0.272 e. The highest BCUT2D eigenvalue weighted by atomic mass is 16.2. The predicted octanol–water partition coefficient (Wildman–Crippen LogP) is 5.59. The van der Waals surface area contributed by atoms with Gasteiger partial charge in [-0.1, -0.05) is 71.8 Å².